The molecule has 0 aromatic heterocycles. The van der Waals surface area contributed by atoms with Gasteiger partial charge in [-0.15, -0.1) is 0 Å². The normalized spacial score (nSPS) is 9.69. The molecule has 0 bridgehead atoms. The topological polar surface area (TPSA) is 74.6 Å². The maximum absolute atomic E-state index is 9.43. The second-order valence-electron chi connectivity index (χ2n) is 3.03. The number of hydrogen-bond acceptors (Lipinski definition) is 2. The number of aliphatic carboxylic acids is 2. The molecule has 0 amide bonds. The van der Waals surface area contributed by atoms with Gasteiger partial charge in [-0.2, -0.15) is 5.92 Å². The van der Waals surface area contributed by atoms with Crippen LogP contribution in [0, 0.1) is 12.8 Å². The van der Waals surface area contributed by atoms with E-state index in [1.165, 1.54) is 19.3 Å². The van der Waals surface area contributed by atoms with Crippen molar-refractivity contribution in [3.05, 3.63) is 6.92 Å². The molecule has 0 saturated heterocycles. The number of rotatable bonds is 5. The fourth-order valence-electron chi connectivity index (χ4n) is 0.742. The van der Waals surface area contributed by atoms with E-state index in [1.54, 1.807) is 0 Å². The van der Waals surface area contributed by atoms with Crippen molar-refractivity contribution in [2.75, 3.05) is 0 Å². The van der Waals surface area contributed by atoms with Gasteiger partial charge in [0.1, 0.15) is 6.42 Å². The molecule has 0 aliphatic carbocycles. The minimum atomic E-state index is -1.31. The van der Waals surface area contributed by atoms with E-state index in [9.17, 15) is 9.59 Å². The van der Waals surface area contributed by atoms with E-state index in [4.69, 9.17) is 10.2 Å². The van der Waals surface area contributed by atoms with E-state index in [2.05, 4.69) is 20.8 Å². The first-order chi connectivity index (χ1) is 6.43. The second-order valence-corrected chi connectivity index (χ2v) is 3.03. The summed E-state index contributed by atoms with van der Waals surface area (Å²) in [6, 6.07) is 0. The maximum Gasteiger partial charge on any atom is 1.00 e. The molecule has 0 aromatic carbocycles. The zero-order valence-electron chi connectivity index (χ0n) is 11.8. The molecule has 6 heteroatoms. The average Bonchev–Trinajstić information content (AvgIpc) is 2.03. The quantitative estimate of drug-likeness (QED) is 0.299. The minimum absolute atomic E-state index is 0. The number of carbonyl (C=O) groups is 2. The first-order valence-electron chi connectivity index (χ1n) is 4.70. The third-order valence-corrected chi connectivity index (χ3v) is 1.58. The van der Waals surface area contributed by atoms with Crippen molar-refractivity contribution in [1.29, 1.82) is 0 Å². The van der Waals surface area contributed by atoms with Crippen LogP contribution in [-0.2, 0) is 9.59 Å². The summed E-state index contributed by atoms with van der Waals surface area (Å²) in [6.45, 7) is 8.34. The van der Waals surface area contributed by atoms with Gasteiger partial charge < -0.3 is 18.6 Å². The molecule has 0 aliphatic heterocycles. The molecule has 1 unspecified atom stereocenters. The van der Waals surface area contributed by atoms with Gasteiger partial charge in [-0.05, 0) is 0 Å². The van der Waals surface area contributed by atoms with Crippen molar-refractivity contribution < 1.29 is 91.5 Å². The molecule has 0 rings (SSSR count). The van der Waals surface area contributed by atoms with Crippen LogP contribution in [0.4, 0.5) is 0 Å². The van der Waals surface area contributed by atoms with Gasteiger partial charge in [0.2, 0.25) is 0 Å². The molecule has 1 atom stereocenters. The van der Waals surface area contributed by atoms with Crippen LogP contribution in [0.3, 0.4) is 0 Å². The molecular weight excluding hydrogens is 230 g/mol. The SMILES string of the molecule is O=C(O)CC(=O)O.[CH2-]C(CC)CCC.[H-].[K+].[Li+]. The molecule has 4 nitrogen and oxygen atoms in total. The summed E-state index contributed by atoms with van der Waals surface area (Å²) in [5.74, 6) is -1.93. The Balaban J connectivity index is -0.0000000480. The van der Waals surface area contributed by atoms with Crippen LogP contribution in [0.1, 0.15) is 41.0 Å². The summed E-state index contributed by atoms with van der Waals surface area (Å²) in [4.78, 5) is 18.9. The number of carboxylic acids is 2. The van der Waals surface area contributed by atoms with E-state index in [0.717, 1.165) is 0 Å². The number of hydrogen-bond donors (Lipinski definition) is 2. The van der Waals surface area contributed by atoms with Gasteiger partial charge >= 0.3 is 82.2 Å². The van der Waals surface area contributed by atoms with Crippen LogP contribution in [-0.4, -0.2) is 22.2 Å². The summed E-state index contributed by atoms with van der Waals surface area (Å²) >= 11 is 0. The predicted octanol–water partition coefficient (Wildman–Crippen LogP) is -3.69. The van der Waals surface area contributed by atoms with E-state index >= 15 is 0 Å². The predicted molar refractivity (Wildman–Crippen MR) is 55.0 cm³/mol. The molecule has 86 valence electrons. The second kappa shape index (κ2) is 18.5. The molecule has 2 N–H and O–H groups in total. The summed E-state index contributed by atoms with van der Waals surface area (Å²) in [7, 11) is 0. The van der Waals surface area contributed by atoms with Crippen LogP contribution in [0.5, 0.6) is 0 Å². The first-order valence-corrected chi connectivity index (χ1v) is 4.70. The fourth-order valence-corrected chi connectivity index (χ4v) is 0.742. The van der Waals surface area contributed by atoms with Gasteiger partial charge in [0.15, 0.2) is 0 Å². The van der Waals surface area contributed by atoms with Gasteiger partial charge in [-0.3, -0.25) is 9.59 Å². The van der Waals surface area contributed by atoms with Crippen LogP contribution in [0.25, 0.3) is 0 Å². The van der Waals surface area contributed by atoms with Gasteiger partial charge in [0.25, 0.3) is 0 Å². The van der Waals surface area contributed by atoms with Crippen molar-refractivity contribution in [3.63, 3.8) is 0 Å². The third kappa shape index (κ3) is 29.5. The Morgan fingerprint density at radius 1 is 1.25 bits per heavy atom. The Bertz CT molecular complexity index is 170. The third-order valence-electron chi connectivity index (χ3n) is 1.58. The summed E-state index contributed by atoms with van der Waals surface area (Å²) < 4.78 is 0. The van der Waals surface area contributed by atoms with Crippen molar-refractivity contribution in [3.8, 4) is 0 Å². The molecule has 0 aromatic rings. The van der Waals surface area contributed by atoms with Crippen LogP contribution in [0.2, 0.25) is 0 Å². The standard InChI is InChI=1S/C7H15.C3H4O4.K.Li.H/c1-4-6-7(3)5-2;4-2(5)1-3(6)7;;;/h7H,3-6H2,1-2H3;1H2,(H,4,5)(H,6,7);;;/q-1;;2*+1;-1. The van der Waals surface area contributed by atoms with E-state index in [-0.39, 0.29) is 71.7 Å². The van der Waals surface area contributed by atoms with Gasteiger partial charge in [0, 0.05) is 0 Å². The maximum atomic E-state index is 9.43. The Labute approximate surface area is 154 Å². The monoisotopic (exact) mass is 250 g/mol. The molecule has 0 saturated carbocycles. The minimum Gasteiger partial charge on any atom is -1.00 e. The summed E-state index contributed by atoms with van der Waals surface area (Å²) in [5, 5.41) is 15.4. The van der Waals surface area contributed by atoms with E-state index < -0.39 is 18.4 Å². The molecule has 16 heavy (non-hydrogen) atoms. The average molecular weight is 250 g/mol. The van der Waals surface area contributed by atoms with Crippen LogP contribution < -0.4 is 70.2 Å². The number of carboxylic acid groups (broad SMARTS) is 2. The summed E-state index contributed by atoms with van der Waals surface area (Å²) in [5.41, 5.74) is 0. The van der Waals surface area contributed by atoms with Crippen molar-refractivity contribution >= 4 is 11.9 Å². The summed E-state index contributed by atoms with van der Waals surface area (Å²) in [6.07, 6.45) is 2.99. The molecule has 0 radical (unpaired) electrons. The zero-order valence-corrected chi connectivity index (χ0v) is 13.9. The Kier molecular flexibility index (Phi) is 30.0. The molecule has 0 aliphatic rings. The van der Waals surface area contributed by atoms with Crippen LogP contribution >= 0.6 is 0 Å². The van der Waals surface area contributed by atoms with Crippen molar-refractivity contribution in [2.45, 2.75) is 39.5 Å². The largest absolute Gasteiger partial charge is 1.00 e. The van der Waals surface area contributed by atoms with Crippen LogP contribution in [0.15, 0.2) is 0 Å². The molecule has 0 spiro atoms. The van der Waals surface area contributed by atoms with Gasteiger partial charge in [-0.1, -0.05) is 33.1 Å². The van der Waals surface area contributed by atoms with Gasteiger partial charge in [-0.25, -0.2) is 0 Å². The Morgan fingerprint density at radius 2 is 1.62 bits per heavy atom. The first kappa shape index (κ1) is 25.9. The molecule has 0 fully saturated rings. The Morgan fingerprint density at radius 3 is 1.69 bits per heavy atom. The van der Waals surface area contributed by atoms with Gasteiger partial charge in [0.05, 0.1) is 0 Å². The Hall–Kier alpha value is 1.17. The molecular formula is C10H20KLiO4. The van der Waals surface area contributed by atoms with Crippen molar-refractivity contribution in [1.82, 2.24) is 0 Å². The fraction of sp³-hybridized carbons (Fsp3) is 0.700. The zero-order chi connectivity index (χ0) is 11.6. The van der Waals surface area contributed by atoms with E-state index in [1.807, 2.05) is 0 Å². The molecule has 0 heterocycles. The van der Waals surface area contributed by atoms with Crippen molar-refractivity contribution in [2.24, 2.45) is 5.92 Å². The smallest absolute Gasteiger partial charge is 1.00 e. The van der Waals surface area contributed by atoms with E-state index in [0.29, 0.717) is 5.92 Å².